The molecule has 1 saturated carbocycles. The van der Waals surface area contributed by atoms with E-state index < -0.39 is 0 Å². The van der Waals surface area contributed by atoms with Gasteiger partial charge >= 0.3 is 0 Å². The Balaban J connectivity index is 2.01. The van der Waals surface area contributed by atoms with Crippen LogP contribution in [0, 0.1) is 12.0 Å². The molecule has 1 heterocycles. The second kappa shape index (κ2) is 1.87. The normalized spacial score (nSPS) is 26.2. The Bertz CT molecular complexity index is 144. The summed E-state index contributed by atoms with van der Waals surface area (Å²) in [4.78, 5) is 4.19. The number of nitrogens with one attached hydrogen (secondary N) is 1. The summed E-state index contributed by atoms with van der Waals surface area (Å²) in [6, 6.07) is 1.24. The Morgan fingerprint density at radius 3 is 3.00 bits per heavy atom. The first-order chi connectivity index (χ1) is 4.47. The molecule has 0 aromatic heterocycles. The molecule has 2 aliphatic rings. The number of hydrogen-bond donors (Lipinski definition) is 1. The summed E-state index contributed by atoms with van der Waals surface area (Å²) in [7, 11) is 0. The molecule has 1 N–H and O–H groups in total. The van der Waals surface area contributed by atoms with Crippen LogP contribution in [-0.4, -0.2) is 6.34 Å². The average Bonchev–Trinajstić information content (AvgIpc) is 2.71. The fraction of sp³-hybridized carbons (Fsp3) is 0.429. The highest BCUT2D eigenvalue weighted by molar-refractivity contribution is 5.60. The standard InChI is InChI=1S/C7H9N2/c1-2-6(1)7-3-4-8-5-9-7/h3-6H,1-2H2,(H,8,9). The lowest BCUT2D eigenvalue weighted by atomic mass is 10.2. The molecule has 0 unspecified atom stereocenters. The molecule has 47 valence electrons. The van der Waals surface area contributed by atoms with Crippen LogP contribution < -0.4 is 5.32 Å². The number of aliphatic imine (C=N–C) groups is 1. The molecule has 1 aliphatic carbocycles. The number of hydrogen-bond acceptors (Lipinski definition) is 2. The molecule has 0 amide bonds. The molecular weight excluding hydrogens is 112 g/mol. The fourth-order valence-corrected chi connectivity index (χ4v) is 0.952. The lowest BCUT2D eigenvalue weighted by Crippen LogP contribution is -2.09. The van der Waals surface area contributed by atoms with E-state index in [-0.39, 0.29) is 0 Å². The molecule has 0 aromatic carbocycles. The van der Waals surface area contributed by atoms with Crippen molar-refractivity contribution in [1.29, 1.82) is 0 Å². The second-order valence-corrected chi connectivity index (χ2v) is 2.46. The molecule has 1 fully saturated rings. The van der Waals surface area contributed by atoms with Crippen LogP contribution in [0.4, 0.5) is 0 Å². The van der Waals surface area contributed by atoms with Crippen molar-refractivity contribution in [2.24, 2.45) is 10.9 Å². The predicted octanol–water partition coefficient (Wildman–Crippen LogP) is 1.07. The van der Waals surface area contributed by atoms with E-state index in [9.17, 15) is 0 Å². The molecule has 2 nitrogen and oxygen atoms in total. The highest BCUT2D eigenvalue weighted by Gasteiger charge is 2.30. The minimum atomic E-state index is 0.777. The van der Waals surface area contributed by atoms with E-state index in [2.05, 4.69) is 16.4 Å². The third-order valence-corrected chi connectivity index (χ3v) is 1.63. The van der Waals surface area contributed by atoms with Crippen LogP contribution in [0.3, 0.4) is 0 Å². The Labute approximate surface area is 54.7 Å². The van der Waals surface area contributed by atoms with E-state index in [1.165, 1.54) is 18.9 Å². The zero-order chi connectivity index (χ0) is 6.10. The van der Waals surface area contributed by atoms with E-state index in [1.54, 1.807) is 6.34 Å². The minimum Gasteiger partial charge on any atom is -0.353 e. The molecule has 0 bridgehead atoms. The van der Waals surface area contributed by atoms with Crippen LogP contribution in [0.1, 0.15) is 12.8 Å². The molecule has 0 aromatic rings. The maximum absolute atomic E-state index is 4.19. The number of rotatable bonds is 1. The molecule has 0 spiro atoms. The Hall–Kier alpha value is -0.790. The van der Waals surface area contributed by atoms with Crippen LogP contribution in [0.15, 0.2) is 17.3 Å². The largest absolute Gasteiger partial charge is 0.353 e. The summed E-state index contributed by atoms with van der Waals surface area (Å²) in [5.74, 6) is 0.777. The molecule has 1 radical (unpaired) electrons. The summed E-state index contributed by atoms with van der Waals surface area (Å²) >= 11 is 0. The van der Waals surface area contributed by atoms with Gasteiger partial charge in [0.1, 0.15) is 6.04 Å². The van der Waals surface area contributed by atoms with Gasteiger partial charge in [-0.05, 0) is 24.8 Å². The maximum Gasteiger partial charge on any atom is 0.114 e. The van der Waals surface area contributed by atoms with Crippen molar-refractivity contribution in [2.75, 3.05) is 0 Å². The first-order valence-corrected chi connectivity index (χ1v) is 3.29. The molecule has 0 atom stereocenters. The lowest BCUT2D eigenvalue weighted by Gasteiger charge is -2.06. The van der Waals surface area contributed by atoms with Gasteiger partial charge < -0.3 is 5.32 Å². The van der Waals surface area contributed by atoms with Gasteiger partial charge in [0, 0.05) is 6.20 Å². The fourth-order valence-electron chi connectivity index (χ4n) is 0.952. The van der Waals surface area contributed by atoms with Crippen molar-refractivity contribution < 1.29 is 0 Å². The molecule has 2 rings (SSSR count). The maximum atomic E-state index is 4.19. The van der Waals surface area contributed by atoms with Crippen molar-refractivity contribution in [3.05, 3.63) is 18.3 Å². The van der Waals surface area contributed by atoms with Crippen LogP contribution in [0.5, 0.6) is 0 Å². The highest BCUT2D eigenvalue weighted by atomic mass is 15.0. The zero-order valence-corrected chi connectivity index (χ0v) is 5.17. The van der Waals surface area contributed by atoms with Crippen LogP contribution >= 0.6 is 0 Å². The predicted molar refractivity (Wildman–Crippen MR) is 36.7 cm³/mol. The summed E-state index contributed by atoms with van der Waals surface area (Å²) in [6.45, 7) is 0. The molecule has 9 heavy (non-hydrogen) atoms. The van der Waals surface area contributed by atoms with Crippen LogP contribution in [0.25, 0.3) is 0 Å². The van der Waals surface area contributed by atoms with Crippen LogP contribution in [-0.2, 0) is 0 Å². The van der Waals surface area contributed by atoms with Crippen molar-refractivity contribution in [1.82, 2.24) is 5.32 Å². The molecule has 1 aliphatic heterocycles. The SMILES string of the molecule is C1=C[C](C2CC2)N=CN1. The zero-order valence-electron chi connectivity index (χ0n) is 5.17. The minimum absolute atomic E-state index is 0.777. The Morgan fingerprint density at radius 1 is 1.56 bits per heavy atom. The van der Waals surface area contributed by atoms with E-state index in [0.717, 1.165) is 5.92 Å². The van der Waals surface area contributed by atoms with E-state index >= 15 is 0 Å². The molecule has 0 saturated heterocycles. The Morgan fingerprint density at radius 2 is 2.44 bits per heavy atom. The second-order valence-electron chi connectivity index (χ2n) is 2.46. The van der Waals surface area contributed by atoms with E-state index in [0.29, 0.717) is 0 Å². The number of nitrogens with zero attached hydrogens (tertiary/aromatic N) is 1. The van der Waals surface area contributed by atoms with Gasteiger partial charge in [-0.1, -0.05) is 0 Å². The summed E-state index contributed by atoms with van der Waals surface area (Å²) in [5, 5.41) is 2.90. The van der Waals surface area contributed by atoms with Gasteiger partial charge in [0.15, 0.2) is 0 Å². The third kappa shape index (κ3) is 0.969. The van der Waals surface area contributed by atoms with Crippen molar-refractivity contribution in [3.8, 4) is 0 Å². The van der Waals surface area contributed by atoms with Crippen LogP contribution in [0.2, 0.25) is 0 Å². The van der Waals surface area contributed by atoms with Gasteiger partial charge in [-0.2, -0.15) is 0 Å². The van der Waals surface area contributed by atoms with Gasteiger partial charge in [-0.25, -0.2) is 0 Å². The summed E-state index contributed by atoms with van der Waals surface area (Å²) < 4.78 is 0. The highest BCUT2D eigenvalue weighted by Crippen LogP contribution is 2.39. The quantitative estimate of drug-likeness (QED) is 0.551. The first kappa shape index (κ1) is 5.03. The molecule has 2 heteroatoms. The van der Waals surface area contributed by atoms with Crippen molar-refractivity contribution >= 4 is 6.34 Å². The third-order valence-electron chi connectivity index (χ3n) is 1.63. The van der Waals surface area contributed by atoms with Gasteiger partial charge in [-0.15, -0.1) is 0 Å². The topological polar surface area (TPSA) is 24.4 Å². The van der Waals surface area contributed by atoms with E-state index in [1.807, 2.05) is 6.20 Å². The van der Waals surface area contributed by atoms with Gasteiger partial charge in [-0.3, -0.25) is 4.99 Å². The van der Waals surface area contributed by atoms with Gasteiger partial charge in [0.05, 0.1) is 6.34 Å². The summed E-state index contributed by atoms with van der Waals surface area (Å²) in [5.41, 5.74) is 0. The van der Waals surface area contributed by atoms with Gasteiger partial charge in [0.2, 0.25) is 0 Å². The Kier molecular flexibility index (Phi) is 1.04. The summed E-state index contributed by atoms with van der Waals surface area (Å²) in [6.07, 6.45) is 8.39. The van der Waals surface area contributed by atoms with Gasteiger partial charge in [0.25, 0.3) is 0 Å². The van der Waals surface area contributed by atoms with E-state index in [4.69, 9.17) is 0 Å². The smallest absolute Gasteiger partial charge is 0.114 e. The van der Waals surface area contributed by atoms with Crippen molar-refractivity contribution in [3.63, 3.8) is 0 Å². The average molecular weight is 121 g/mol. The van der Waals surface area contributed by atoms with Crippen molar-refractivity contribution in [2.45, 2.75) is 12.8 Å². The monoisotopic (exact) mass is 121 g/mol. The first-order valence-electron chi connectivity index (χ1n) is 3.29. The molecular formula is C7H9N2. The lowest BCUT2D eigenvalue weighted by molar-refractivity contribution is 0.856.